The number of benzene rings is 1. The molecule has 0 radical (unpaired) electrons. The number of pyridine rings is 1. The molecular weight excluding hydrogens is 316 g/mol. The molecule has 0 aliphatic heterocycles. The van der Waals surface area contributed by atoms with Crippen LogP contribution in [0.4, 0.5) is 5.69 Å². The Bertz CT molecular complexity index is 601. The summed E-state index contributed by atoms with van der Waals surface area (Å²) in [6, 6.07) is 8.90. The van der Waals surface area contributed by atoms with E-state index < -0.39 is 0 Å². The van der Waals surface area contributed by atoms with Crippen molar-refractivity contribution < 1.29 is 4.79 Å². The van der Waals surface area contributed by atoms with E-state index in [0.717, 1.165) is 10.0 Å². The molecule has 0 aliphatic carbocycles. The maximum absolute atomic E-state index is 12.1. The SMILES string of the molecule is Cc1c(Br)cccc1C(=O)Nc1cccnc1Cl. The number of carbonyl (C=O) groups is 1. The highest BCUT2D eigenvalue weighted by Crippen LogP contribution is 2.22. The van der Waals surface area contributed by atoms with Gasteiger partial charge in [-0.2, -0.15) is 0 Å². The molecule has 2 aromatic rings. The van der Waals surface area contributed by atoms with E-state index in [0.29, 0.717) is 11.3 Å². The number of hydrogen-bond donors (Lipinski definition) is 1. The molecule has 0 spiro atoms. The fourth-order valence-corrected chi connectivity index (χ4v) is 2.06. The summed E-state index contributed by atoms with van der Waals surface area (Å²) >= 11 is 9.29. The van der Waals surface area contributed by atoms with Crippen molar-refractivity contribution in [1.29, 1.82) is 0 Å². The van der Waals surface area contributed by atoms with Gasteiger partial charge in [-0.3, -0.25) is 4.79 Å². The summed E-state index contributed by atoms with van der Waals surface area (Å²) in [5.74, 6) is -0.205. The third-order valence-electron chi connectivity index (χ3n) is 2.52. The average molecular weight is 326 g/mol. The van der Waals surface area contributed by atoms with Crippen LogP contribution in [0.5, 0.6) is 0 Å². The minimum absolute atomic E-state index is 0.205. The first-order chi connectivity index (χ1) is 8.59. The molecule has 0 saturated heterocycles. The summed E-state index contributed by atoms with van der Waals surface area (Å²) in [7, 11) is 0. The fraction of sp³-hybridized carbons (Fsp3) is 0.0769. The lowest BCUT2D eigenvalue weighted by Crippen LogP contribution is -2.14. The van der Waals surface area contributed by atoms with Crippen molar-refractivity contribution in [2.24, 2.45) is 0 Å². The predicted molar refractivity (Wildman–Crippen MR) is 76.1 cm³/mol. The molecular formula is C13H10BrClN2O. The van der Waals surface area contributed by atoms with Crippen molar-refractivity contribution in [3.8, 4) is 0 Å². The molecule has 1 N–H and O–H groups in total. The molecule has 0 unspecified atom stereocenters. The predicted octanol–water partition coefficient (Wildman–Crippen LogP) is 4.06. The number of amides is 1. The second kappa shape index (κ2) is 5.50. The minimum atomic E-state index is -0.205. The highest BCUT2D eigenvalue weighted by molar-refractivity contribution is 9.10. The smallest absolute Gasteiger partial charge is 0.256 e. The summed E-state index contributed by atoms with van der Waals surface area (Å²) in [4.78, 5) is 16.0. The minimum Gasteiger partial charge on any atom is -0.319 e. The Hall–Kier alpha value is -1.39. The van der Waals surface area contributed by atoms with Gasteiger partial charge in [0.1, 0.15) is 0 Å². The lowest BCUT2D eigenvalue weighted by Gasteiger charge is -2.09. The first kappa shape index (κ1) is 13.1. The van der Waals surface area contributed by atoms with E-state index in [1.807, 2.05) is 19.1 Å². The van der Waals surface area contributed by atoms with Crippen molar-refractivity contribution in [3.05, 3.63) is 57.3 Å². The summed E-state index contributed by atoms with van der Waals surface area (Å²) in [5, 5.41) is 3.02. The van der Waals surface area contributed by atoms with Gasteiger partial charge in [-0.25, -0.2) is 4.98 Å². The molecule has 1 amide bonds. The van der Waals surface area contributed by atoms with Gasteiger partial charge in [0.15, 0.2) is 5.15 Å². The molecule has 0 fully saturated rings. The van der Waals surface area contributed by atoms with Gasteiger partial charge in [0, 0.05) is 16.2 Å². The Morgan fingerprint density at radius 1 is 1.33 bits per heavy atom. The van der Waals surface area contributed by atoms with Crippen molar-refractivity contribution in [2.75, 3.05) is 5.32 Å². The zero-order chi connectivity index (χ0) is 13.1. The molecule has 0 bridgehead atoms. The Kier molecular flexibility index (Phi) is 3.99. The molecule has 3 nitrogen and oxygen atoms in total. The number of anilines is 1. The molecule has 2 rings (SSSR count). The van der Waals surface area contributed by atoms with Crippen molar-refractivity contribution in [2.45, 2.75) is 6.92 Å². The van der Waals surface area contributed by atoms with Crippen molar-refractivity contribution >= 4 is 39.1 Å². The van der Waals surface area contributed by atoms with Crippen molar-refractivity contribution in [3.63, 3.8) is 0 Å². The standard InChI is InChI=1S/C13H10BrClN2O/c1-8-9(4-2-5-10(8)14)13(18)17-11-6-3-7-16-12(11)15/h2-7H,1H3,(H,17,18). The number of carbonyl (C=O) groups excluding carboxylic acids is 1. The van der Waals surface area contributed by atoms with Crippen LogP contribution in [-0.4, -0.2) is 10.9 Å². The van der Waals surface area contributed by atoms with Crippen LogP contribution in [0.2, 0.25) is 5.15 Å². The first-order valence-electron chi connectivity index (χ1n) is 5.26. The average Bonchev–Trinajstić information content (AvgIpc) is 2.35. The molecule has 5 heteroatoms. The van der Waals surface area contributed by atoms with Gasteiger partial charge in [-0.05, 0) is 36.8 Å². The van der Waals surface area contributed by atoms with Gasteiger partial charge < -0.3 is 5.32 Å². The van der Waals surface area contributed by atoms with Crippen molar-refractivity contribution in [1.82, 2.24) is 4.98 Å². The molecule has 92 valence electrons. The lowest BCUT2D eigenvalue weighted by atomic mass is 10.1. The molecule has 0 aliphatic rings. The van der Waals surface area contributed by atoms with Gasteiger partial charge in [-0.15, -0.1) is 0 Å². The Balaban J connectivity index is 2.28. The molecule has 0 saturated carbocycles. The maximum Gasteiger partial charge on any atom is 0.256 e. The number of aromatic nitrogens is 1. The zero-order valence-electron chi connectivity index (χ0n) is 9.58. The molecule has 0 atom stereocenters. The summed E-state index contributed by atoms with van der Waals surface area (Å²) < 4.78 is 0.896. The first-order valence-corrected chi connectivity index (χ1v) is 6.43. The van der Waals surface area contributed by atoms with E-state index in [2.05, 4.69) is 26.2 Å². The maximum atomic E-state index is 12.1. The van der Waals surface area contributed by atoms with Gasteiger partial charge >= 0.3 is 0 Å². The Morgan fingerprint density at radius 2 is 2.11 bits per heavy atom. The second-order valence-electron chi connectivity index (χ2n) is 3.71. The van der Waals surface area contributed by atoms with Crippen LogP contribution in [0.3, 0.4) is 0 Å². The number of halogens is 2. The topological polar surface area (TPSA) is 42.0 Å². The number of hydrogen-bond acceptors (Lipinski definition) is 2. The lowest BCUT2D eigenvalue weighted by molar-refractivity contribution is 0.102. The van der Waals surface area contributed by atoms with Crippen LogP contribution in [0.15, 0.2) is 41.0 Å². The number of nitrogens with one attached hydrogen (secondary N) is 1. The third-order valence-corrected chi connectivity index (χ3v) is 3.68. The van der Waals surface area contributed by atoms with Gasteiger partial charge in [-0.1, -0.05) is 33.6 Å². The molecule has 1 aromatic carbocycles. The summed E-state index contributed by atoms with van der Waals surface area (Å²) in [6.07, 6.45) is 1.57. The third kappa shape index (κ3) is 2.71. The highest BCUT2D eigenvalue weighted by atomic mass is 79.9. The van der Waals surface area contributed by atoms with Crippen LogP contribution >= 0.6 is 27.5 Å². The van der Waals surface area contributed by atoms with E-state index in [9.17, 15) is 4.79 Å². The van der Waals surface area contributed by atoms with E-state index >= 15 is 0 Å². The van der Waals surface area contributed by atoms with Gasteiger partial charge in [0.05, 0.1) is 5.69 Å². The zero-order valence-corrected chi connectivity index (χ0v) is 11.9. The number of rotatable bonds is 2. The van der Waals surface area contributed by atoms with E-state index in [4.69, 9.17) is 11.6 Å². The van der Waals surface area contributed by atoms with Crippen LogP contribution in [0, 0.1) is 6.92 Å². The summed E-state index contributed by atoms with van der Waals surface area (Å²) in [5.41, 5.74) is 1.99. The largest absolute Gasteiger partial charge is 0.319 e. The van der Waals surface area contributed by atoms with Gasteiger partial charge in [0.2, 0.25) is 0 Å². The van der Waals surface area contributed by atoms with Crippen LogP contribution < -0.4 is 5.32 Å². The molecule has 1 heterocycles. The fourth-order valence-electron chi connectivity index (χ4n) is 1.52. The van der Waals surface area contributed by atoms with Crippen LogP contribution in [0.1, 0.15) is 15.9 Å². The second-order valence-corrected chi connectivity index (χ2v) is 4.92. The Morgan fingerprint density at radius 3 is 2.83 bits per heavy atom. The number of nitrogens with zero attached hydrogens (tertiary/aromatic N) is 1. The molecule has 1 aromatic heterocycles. The van der Waals surface area contributed by atoms with E-state index in [1.165, 1.54) is 0 Å². The quantitative estimate of drug-likeness (QED) is 0.846. The Labute approximate surface area is 118 Å². The summed E-state index contributed by atoms with van der Waals surface area (Å²) in [6.45, 7) is 1.88. The van der Waals surface area contributed by atoms with Gasteiger partial charge in [0.25, 0.3) is 5.91 Å². The molecule has 18 heavy (non-hydrogen) atoms. The highest BCUT2D eigenvalue weighted by Gasteiger charge is 2.12. The van der Waals surface area contributed by atoms with E-state index in [1.54, 1.807) is 24.4 Å². The monoisotopic (exact) mass is 324 g/mol. The van der Waals surface area contributed by atoms with Crippen LogP contribution in [-0.2, 0) is 0 Å². The van der Waals surface area contributed by atoms with E-state index in [-0.39, 0.29) is 11.1 Å². The van der Waals surface area contributed by atoms with Crippen LogP contribution in [0.25, 0.3) is 0 Å². The normalized spacial score (nSPS) is 10.2.